The molecule has 0 fully saturated rings. The lowest BCUT2D eigenvalue weighted by Crippen LogP contribution is -2.35. The molecule has 7 heteroatoms. The molecule has 0 bridgehead atoms. The maximum atomic E-state index is 11.7. The fourth-order valence-electron chi connectivity index (χ4n) is 0.910. The summed E-state index contributed by atoms with van der Waals surface area (Å²) < 4.78 is 26.2. The predicted molar refractivity (Wildman–Crippen MR) is 58.8 cm³/mol. The summed E-state index contributed by atoms with van der Waals surface area (Å²) in [6, 6.07) is 0.924. The number of halogens is 1. The molecule has 0 saturated heterocycles. The first kappa shape index (κ1) is 12.6. The molecule has 0 aliphatic carbocycles. The lowest BCUT2D eigenvalue weighted by atomic mass is 10.4. The maximum Gasteiger partial charge on any atom is 0.242 e. The van der Waals surface area contributed by atoms with Gasteiger partial charge in [-0.25, -0.2) is 13.1 Å². The van der Waals surface area contributed by atoms with Crippen LogP contribution in [0.1, 0.15) is 6.92 Å². The number of nitrogens with one attached hydrogen (secondary N) is 1. The molecule has 1 heterocycles. The van der Waals surface area contributed by atoms with Gasteiger partial charge in [0, 0.05) is 22.9 Å². The molecule has 0 amide bonds. The first-order chi connectivity index (χ1) is 6.95. The normalized spacial score (nSPS) is 13.8. The van der Waals surface area contributed by atoms with Gasteiger partial charge in [-0.3, -0.25) is 4.98 Å². The predicted octanol–water partition coefficient (Wildman–Crippen LogP) is 0.503. The molecule has 0 aliphatic rings. The van der Waals surface area contributed by atoms with E-state index in [1.165, 1.54) is 18.5 Å². The molecule has 0 aliphatic heterocycles. The van der Waals surface area contributed by atoms with Crippen LogP contribution in [-0.2, 0) is 10.0 Å². The molecular formula is C8H11BrN2O3S. The number of nitrogens with zero attached hydrogens (tertiary/aromatic N) is 1. The average molecular weight is 295 g/mol. The molecule has 15 heavy (non-hydrogen) atoms. The fourth-order valence-corrected chi connectivity index (χ4v) is 2.65. The van der Waals surface area contributed by atoms with Crippen molar-refractivity contribution < 1.29 is 13.5 Å². The molecule has 84 valence electrons. The summed E-state index contributed by atoms with van der Waals surface area (Å²) in [7, 11) is -3.60. The summed E-state index contributed by atoms with van der Waals surface area (Å²) in [6.07, 6.45) is 2.74. The van der Waals surface area contributed by atoms with E-state index in [2.05, 4.69) is 25.6 Å². The Bertz CT molecular complexity index is 435. The zero-order valence-electron chi connectivity index (χ0n) is 8.01. The minimum atomic E-state index is -3.60. The van der Waals surface area contributed by atoms with Gasteiger partial charge in [0.25, 0.3) is 0 Å². The van der Waals surface area contributed by atoms with Gasteiger partial charge in [-0.05, 0) is 28.9 Å². The van der Waals surface area contributed by atoms with Crippen molar-refractivity contribution >= 4 is 26.0 Å². The molecule has 0 unspecified atom stereocenters. The summed E-state index contributed by atoms with van der Waals surface area (Å²) in [5.74, 6) is 0. The number of hydrogen-bond donors (Lipinski definition) is 2. The highest BCUT2D eigenvalue weighted by atomic mass is 79.9. The van der Waals surface area contributed by atoms with Crippen LogP contribution in [0.2, 0.25) is 0 Å². The number of pyridine rings is 1. The Kier molecular flexibility index (Phi) is 4.21. The van der Waals surface area contributed by atoms with Gasteiger partial charge < -0.3 is 5.11 Å². The molecule has 1 rings (SSSR count). The third kappa shape index (κ3) is 3.53. The second-order valence-corrected chi connectivity index (χ2v) is 5.67. The average Bonchev–Trinajstić information content (AvgIpc) is 2.17. The second-order valence-electron chi connectivity index (χ2n) is 3.04. The molecule has 1 aromatic heterocycles. The Hall–Kier alpha value is -0.500. The van der Waals surface area contributed by atoms with Crippen LogP contribution in [0.25, 0.3) is 0 Å². The maximum absolute atomic E-state index is 11.7. The van der Waals surface area contributed by atoms with E-state index in [0.29, 0.717) is 4.47 Å². The van der Waals surface area contributed by atoms with E-state index < -0.39 is 16.1 Å². The molecular weight excluding hydrogens is 284 g/mol. The Morgan fingerprint density at radius 3 is 2.80 bits per heavy atom. The van der Waals surface area contributed by atoms with Crippen molar-refractivity contribution in [3.05, 3.63) is 22.9 Å². The highest BCUT2D eigenvalue weighted by Crippen LogP contribution is 2.14. The summed E-state index contributed by atoms with van der Waals surface area (Å²) in [6.45, 7) is 1.32. The van der Waals surface area contributed by atoms with E-state index in [4.69, 9.17) is 5.11 Å². The number of rotatable bonds is 4. The van der Waals surface area contributed by atoms with E-state index in [9.17, 15) is 8.42 Å². The van der Waals surface area contributed by atoms with Crippen molar-refractivity contribution in [2.45, 2.75) is 17.9 Å². The molecule has 0 spiro atoms. The van der Waals surface area contributed by atoms with Crippen LogP contribution in [0.15, 0.2) is 27.8 Å². The molecule has 1 atom stereocenters. The molecule has 0 aromatic carbocycles. The quantitative estimate of drug-likeness (QED) is 0.848. The van der Waals surface area contributed by atoms with E-state index in [1.807, 2.05) is 0 Å². The van der Waals surface area contributed by atoms with Gasteiger partial charge in [0.2, 0.25) is 10.0 Å². The number of sulfonamides is 1. The first-order valence-electron chi connectivity index (χ1n) is 4.19. The fraction of sp³-hybridized carbons (Fsp3) is 0.375. The minimum absolute atomic E-state index is 0.0668. The third-order valence-electron chi connectivity index (χ3n) is 1.62. The van der Waals surface area contributed by atoms with Crippen molar-refractivity contribution in [3.8, 4) is 0 Å². The summed E-state index contributed by atoms with van der Waals surface area (Å²) in [5.41, 5.74) is 0. The van der Waals surface area contributed by atoms with Crippen LogP contribution in [-0.4, -0.2) is 31.2 Å². The van der Waals surface area contributed by atoms with Crippen molar-refractivity contribution in [2.24, 2.45) is 0 Å². The molecule has 1 aromatic rings. The Labute approximate surface area is 96.7 Å². The summed E-state index contributed by atoms with van der Waals surface area (Å²) in [4.78, 5) is 3.82. The Morgan fingerprint density at radius 2 is 2.27 bits per heavy atom. The van der Waals surface area contributed by atoms with Gasteiger partial charge in [0.15, 0.2) is 0 Å². The van der Waals surface area contributed by atoms with Crippen LogP contribution >= 0.6 is 15.9 Å². The number of aliphatic hydroxyl groups is 1. The molecule has 0 saturated carbocycles. The van der Waals surface area contributed by atoms with E-state index in [-0.39, 0.29) is 11.5 Å². The van der Waals surface area contributed by atoms with Gasteiger partial charge in [-0.2, -0.15) is 0 Å². The first-order valence-corrected chi connectivity index (χ1v) is 6.47. The van der Waals surface area contributed by atoms with E-state index in [0.717, 1.165) is 0 Å². The van der Waals surface area contributed by atoms with Crippen molar-refractivity contribution in [1.29, 1.82) is 0 Å². The minimum Gasteiger partial charge on any atom is -0.395 e. The summed E-state index contributed by atoms with van der Waals surface area (Å²) >= 11 is 3.13. The van der Waals surface area contributed by atoms with Gasteiger partial charge in [-0.15, -0.1) is 0 Å². The highest BCUT2D eigenvalue weighted by molar-refractivity contribution is 9.10. The smallest absolute Gasteiger partial charge is 0.242 e. The van der Waals surface area contributed by atoms with E-state index in [1.54, 1.807) is 6.92 Å². The van der Waals surface area contributed by atoms with Crippen LogP contribution in [0.4, 0.5) is 0 Å². The van der Waals surface area contributed by atoms with Crippen molar-refractivity contribution in [2.75, 3.05) is 6.61 Å². The zero-order chi connectivity index (χ0) is 11.5. The van der Waals surface area contributed by atoms with Crippen molar-refractivity contribution in [3.63, 3.8) is 0 Å². The molecule has 2 N–H and O–H groups in total. The largest absolute Gasteiger partial charge is 0.395 e. The van der Waals surface area contributed by atoms with Gasteiger partial charge in [0.1, 0.15) is 4.90 Å². The standard InChI is InChI=1S/C8H11BrN2O3S/c1-6(5-12)11-15(13,14)8-2-7(9)3-10-4-8/h2-4,6,11-12H,5H2,1H3/t6-/m0/s1. The van der Waals surface area contributed by atoms with Crippen molar-refractivity contribution in [1.82, 2.24) is 9.71 Å². The monoisotopic (exact) mass is 294 g/mol. The Balaban J connectivity index is 2.96. The zero-order valence-corrected chi connectivity index (χ0v) is 10.4. The Morgan fingerprint density at radius 1 is 1.60 bits per heavy atom. The molecule has 0 radical (unpaired) electrons. The number of hydrogen-bond acceptors (Lipinski definition) is 4. The van der Waals surface area contributed by atoms with Gasteiger partial charge in [-0.1, -0.05) is 0 Å². The van der Waals surface area contributed by atoms with Crippen LogP contribution < -0.4 is 4.72 Å². The van der Waals surface area contributed by atoms with Gasteiger partial charge >= 0.3 is 0 Å². The van der Waals surface area contributed by atoms with E-state index >= 15 is 0 Å². The van der Waals surface area contributed by atoms with Crippen LogP contribution in [0.5, 0.6) is 0 Å². The van der Waals surface area contributed by atoms with Crippen LogP contribution in [0, 0.1) is 0 Å². The topological polar surface area (TPSA) is 79.3 Å². The lowest BCUT2D eigenvalue weighted by Gasteiger charge is -2.11. The summed E-state index contributed by atoms with van der Waals surface area (Å²) in [5, 5.41) is 8.75. The van der Waals surface area contributed by atoms with Gasteiger partial charge in [0.05, 0.1) is 6.61 Å². The highest BCUT2D eigenvalue weighted by Gasteiger charge is 2.17. The second kappa shape index (κ2) is 5.02. The van der Waals surface area contributed by atoms with Crippen LogP contribution in [0.3, 0.4) is 0 Å². The number of aromatic nitrogens is 1. The lowest BCUT2D eigenvalue weighted by molar-refractivity contribution is 0.265. The number of aliphatic hydroxyl groups excluding tert-OH is 1. The third-order valence-corrected chi connectivity index (χ3v) is 3.61. The molecule has 5 nitrogen and oxygen atoms in total. The SMILES string of the molecule is C[C@@H](CO)NS(=O)(=O)c1cncc(Br)c1.